The van der Waals surface area contributed by atoms with Crippen LogP contribution in [0.3, 0.4) is 0 Å². The van der Waals surface area contributed by atoms with Crippen LogP contribution < -0.4 is 15.6 Å². The first-order valence-electron chi connectivity index (χ1n) is 15.3. The van der Waals surface area contributed by atoms with E-state index < -0.39 is 24.7 Å². The Bertz CT molecular complexity index is 1450. The Hall–Kier alpha value is -1.93. The molecule has 1 unspecified atom stereocenters. The van der Waals surface area contributed by atoms with Gasteiger partial charge in [0.1, 0.15) is 0 Å². The number of aryl methyl sites for hydroxylation is 6. The first-order valence-corrected chi connectivity index (χ1v) is 22.8. The van der Waals surface area contributed by atoms with Crippen LogP contribution in [0.5, 0.6) is 0 Å². The molecule has 3 aromatic rings. The summed E-state index contributed by atoms with van der Waals surface area (Å²) in [6.45, 7) is 24.0. The van der Waals surface area contributed by atoms with Gasteiger partial charge in [-0.1, -0.05) is 0 Å². The van der Waals surface area contributed by atoms with Crippen molar-refractivity contribution in [3.8, 4) is 0 Å². The van der Waals surface area contributed by atoms with Crippen LogP contribution in [0.2, 0.25) is 20.7 Å². The Kier molecular flexibility index (Phi) is 8.57. The fourth-order valence-electron chi connectivity index (χ4n) is 8.14. The average molecular weight is 585 g/mol. The van der Waals surface area contributed by atoms with E-state index in [-0.39, 0.29) is 5.04 Å². The van der Waals surface area contributed by atoms with E-state index in [0.29, 0.717) is 0 Å². The van der Waals surface area contributed by atoms with Gasteiger partial charge in [-0.05, 0) is 0 Å². The Morgan fingerprint density at radius 1 is 0.625 bits per heavy atom. The van der Waals surface area contributed by atoms with Crippen molar-refractivity contribution < 1.29 is 16.6 Å². The van der Waals surface area contributed by atoms with Crippen molar-refractivity contribution in [1.82, 2.24) is 0 Å². The standard InChI is InChI=1S/C35H43Si.3CH3.Ti/c1-11-30-19-31(12-2)21-32(20-30)36(33-17-23(3)13-15-25(33)5,34-18-24(4)14-16-26(34)6)35(10)22-27(7)28(8)29(35)9;;;;/h13-21H,11-12H2,1-10H3;3*1H3;. The second-order valence-corrected chi connectivity index (χ2v) is 25.7. The Labute approximate surface area is 250 Å². The van der Waals surface area contributed by atoms with Gasteiger partial charge in [0.25, 0.3) is 0 Å². The van der Waals surface area contributed by atoms with Crippen molar-refractivity contribution in [3.63, 3.8) is 0 Å². The molecule has 0 aromatic heterocycles. The van der Waals surface area contributed by atoms with Crippen LogP contribution in [-0.2, 0) is 29.4 Å². The number of hydrogen-bond acceptors (Lipinski definition) is 0. The molecule has 0 heterocycles. The zero-order valence-corrected chi connectivity index (χ0v) is 30.2. The van der Waals surface area contributed by atoms with Gasteiger partial charge in [-0.25, -0.2) is 0 Å². The number of allylic oxidation sites excluding steroid dienone is 4. The molecule has 0 nitrogen and oxygen atoms in total. The molecule has 4 rings (SSSR count). The van der Waals surface area contributed by atoms with Crippen LogP contribution in [-0.4, -0.2) is 8.07 Å². The number of benzene rings is 3. The van der Waals surface area contributed by atoms with Crippen molar-refractivity contribution in [3.05, 3.63) is 109 Å². The van der Waals surface area contributed by atoms with E-state index in [0.717, 1.165) is 12.8 Å². The van der Waals surface area contributed by atoms with E-state index in [1.807, 2.05) is 3.88 Å². The summed E-state index contributed by atoms with van der Waals surface area (Å²) in [6, 6.07) is 22.3. The summed E-state index contributed by atoms with van der Waals surface area (Å²) >= 11 is -2.37. The fraction of sp³-hybridized carbons (Fsp3) is 0.421. The van der Waals surface area contributed by atoms with Gasteiger partial charge in [-0.15, -0.1) is 0 Å². The van der Waals surface area contributed by atoms with E-state index in [2.05, 4.69) is 140 Å². The molecule has 0 saturated heterocycles. The topological polar surface area (TPSA) is 0 Å². The van der Waals surface area contributed by atoms with Gasteiger partial charge in [0.15, 0.2) is 0 Å². The van der Waals surface area contributed by atoms with Gasteiger partial charge < -0.3 is 0 Å². The summed E-state index contributed by atoms with van der Waals surface area (Å²) in [4.78, 5) is 0. The SMILES string of the molecule is CCc1cc(CC)cc([Si](c2cc(C)ccc2C)(c2cc(C)ccc2C)C2(C)C(C)=C(C)C(C)=[C]2[Ti]([CH3])([CH3])[CH3])c1. The van der Waals surface area contributed by atoms with Gasteiger partial charge in [0.05, 0.1) is 0 Å². The molecule has 0 fully saturated rings. The molecule has 1 aliphatic carbocycles. The van der Waals surface area contributed by atoms with Crippen molar-refractivity contribution in [1.29, 1.82) is 0 Å². The quantitative estimate of drug-likeness (QED) is 0.192. The first kappa shape index (κ1) is 31.0. The average Bonchev–Trinajstić information content (AvgIpc) is 3.08. The molecule has 3 aromatic carbocycles. The van der Waals surface area contributed by atoms with Gasteiger partial charge in [-0.3, -0.25) is 0 Å². The Morgan fingerprint density at radius 2 is 1.07 bits per heavy atom. The maximum atomic E-state index is 2.69. The molecule has 0 spiro atoms. The third kappa shape index (κ3) is 4.71. The zero-order chi connectivity index (χ0) is 29.8. The summed E-state index contributed by atoms with van der Waals surface area (Å²) < 4.78 is 1.82. The minimum atomic E-state index is -2.75. The van der Waals surface area contributed by atoms with Crippen LogP contribution in [0.4, 0.5) is 0 Å². The normalized spacial score (nSPS) is 18.2. The van der Waals surface area contributed by atoms with Gasteiger partial charge >= 0.3 is 252 Å². The van der Waals surface area contributed by atoms with Gasteiger partial charge in [0, 0.05) is 0 Å². The molecular formula is C38H52SiTi. The van der Waals surface area contributed by atoms with Gasteiger partial charge in [-0.2, -0.15) is 0 Å². The fourth-order valence-corrected chi connectivity index (χ4v) is 22.2. The van der Waals surface area contributed by atoms with Crippen molar-refractivity contribution in [2.75, 3.05) is 0 Å². The molecule has 0 bridgehead atoms. The molecule has 0 saturated carbocycles. The van der Waals surface area contributed by atoms with E-state index in [1.165, 1.54) is 39.0 Å². The molecule has 40 heavy (non-hydrogen) atoms. The summed E-state index contributed by atoms with van der Waals surface area (Å²) in [5.74, 6) is 0. The van der Waals surface area contributed by atoms with E-state index >= 15 is 0 Å². The van der Waals surface area contributed by atoms with Crippen molar-refractivity contribution in [2.24, 2.45) is 0 Å². The van der Waals surface area contributed by atoms with Crippen LogP contribution in [0.25, 0.3) is 0 Å². The molecule has 0 amide bonds. The van der Waals surface area contributed by atoms with Crippen molar-refractivity contribution >= 4 is 23.6 Å². The number of rotatable bonds is 7. The van der Waals surface area contributed by atoms with Crippen LogP contribution in [0.1, 0.15) is 74.9 Å². The second kappa shape index (κ2) is 11.0. The van der Waals surface area contributed by atoms with E-state index in [1.54, 1.807) is 26.7 Å². The van der Waals surface area contributed by atoms with Crippen LogP contribution in [0, 0.1) is 27.7 Å². The molecule has 1 aliphatic rings. The minimum absolute atomic E-state index is 0.0477. The monoisotopic (exact) mass is 584 g/mol. The predicted molar refractivity (Wildman–Crippen MR) is 179 cm³/mol. The summed E-state index contributed by atoms with van der Waals surface area (Å²) in [7, 11) is -2.75. The van der Waals surface area contributed by atoms with Crippen LogP contribution in [0.15, 0.2) is 75.2 Å². The summed E-state index contributed by atoms with van der Waals surface area (Å²) in [5.41, 5.74) is 13.3. The van der Waals surface area contributed by atoms with Gasteiger partial charge in [0.2, 0.25) is 0 Å². The second-order valence-electron chi connectivity index (χ2n) is 13.8. The third-order valence-electron chi connectivity index (χ3n) is 10.1. The number of hydrogen-bond donors (Lipinski definition) is 0. The Morgan fingerprint density at radius 3 is 1.48 bits per heavy atom. The summed E-state index contributed by atoms with van der Waals surface area (Å²) in [6.07, 6.45) is 2.13. The van der Waals surface area contributed by atoms with E-state index in [4.69, 9.17) is 0 Å². The zero-order valence-electron chi connectivity index (χ0n) is 27.6. The molecule has 1 atom stereocenters. The molecular weight excluding hydrogens is 532 g/mol. The summed E-state index contributed by atoms with van der Waals surface area (Å²) in [5, 5.41) is 12.7. The Balaban J connectivity index is 2.43. The molecule has 0 aliphatic heterocycles. The molecule has 0 radical (unpaired) electrons. The molecule has 0 N–H and O–H groups in total. The predicted octanol–water partition coefficient (Wildman–Crippen LogP) is 9.20. The molecule has 2 heteroatoms. The van der Waals surface area contributed by atoms with Crippen molar-refractivity contribution in [2.45, 2.75) is 103 Å². The van der Waals surface area contributed by atoms with Crippen LogP contribution >= 0.6 is 0 Å². The first-order chi connectivity index (χ1) is 18.6. The molecule has 212 valence electrons. The third-order valence-corrected chi connectivity index (χ3v) is 20.2. The maximum absolute atomic E-state index is 2.75. The van der Waals surface area contributed by atoms with E-state index in [9.17, 15) is 0 Å².